The minimum Gasteiger partial charge on any atom is -0.393 e. The molecule has 4 saturated carbocycles. The smallest absolute Gasteiger partial charge is 0.254 e. The van der Waals surface area contributed by atoms with E-state index in [-0.39, 0.29) is 17.7 Å². The van der Waals surface area contributed by atoms with Gasteiger partial charge in [-0.3, -0.25) is 4.79 Å². The zero-order chi connectivity index (χ0) is 16.0. The van der Waals surface area contributed by atoms with Crippen molar-refractivity contribution in [2.45, 2.75) is 62.6 Å². The van der Waals surface area contributed by atoms with Crippen LogP contribution in [0.25, 0.3) is 0 Å². The zero-order valence-corrected chi connectivity index (χ0v) is 13.1. The summed E-state index contributed by atoms with van der Waals surface area (Å²) in [6.45, 7) is 0. The molecule has 2 atom stereocenters. The van der Waals surface area contributed by atoms with Crippen LogP contribution in [0.4, 0.5) is 11.8 Å². The van der Waals surface area contributed by atoms with Crippen molar-refractivity contribution in [1.82, 2.24) is 9.97 Å². The van der Waals surface area contributed by atoms with Crippen molar-refractivity contribution in [3.05, 3.63) is 11.8 Å². The van der Waals surface area contributed by atoms with Crippen LogP contribution in [-0.4, -0.2) is 38.7 Å². The van der Waals surface area contributed by atoms with Gasteiger partial charge in [-0.25, -0.2) is 4.98 Å². The number of rotatable bonds is 5. The van der Waals surface area contributed by atoms with Crippen molar-refractivity contribution < 1.29 is 9.90 Å². The first-order valence-corrected chi connectivity index (χ1v) is 8.43. The molecule has 0 aliphatic heterocycles. The van der Waals surface area contributed by atoms with E-state index in [1.807, 2.05) is 0 Å². The molecule has 1 heterocycles. The van der Waals surface area contributed by atoms with Crippen molar-refractivity contribution in [1.29, 1.82) is 0 Å². The third-order valence-electron chi connectivity index (χ3n) is 5.46. The zero-order valence-electron chi connectivity index (χ0n) is 13.1. The lowest BCUT2D eigenvalue weighted by Gasteiger charge is -2.61. The maximum atomic E-state index is 11.6. The largest absolute Gasteiger partial charge is 0.393 e. The molecule has 0 saturated heterocycles. The van der Waals surface area contributed by atoms with E-state index in [2.05, 4.69) is 20.6 Å². The molecule has 0 unspecified atom stereocenters. The summed E-state index contributed by atoms with van der Waals surface area (Å²) < 4.78 is 0. The Balaban J connectivity index is 1.53. The van der Waals surface area contributed by atoms with Gasteiger partial charge >= 0.3 is 0 Å². The number of aliphatic hydroxyl groups excluding tert-OH is 1. The number of carbonyl (C=O) groups is 1. The minimum absolute atomic E-state index is 0.106. The predicted molar refractivity (Wildman–Crippen MR) is 86.1 cm³/mol. The molecule has 7 nitrogen and oxygen atoms in total. The van der Waals surface area contributed by atoms with Gasteiger partial charge in [0.1, 0.15) is 5.82 Å². The number of carbonyl (C=O) groups excluding carboxylic acids is 1. The van der Waals surface area contributed by atoms with E-state index in [1.165, 1.54) is 25.5 Å². The number of nitrogens with two attached hydrogens (primary N) is 1. The van der Waals surface area contributed by atoms with E-state index in [9.17, 15) is 9.90 Å². The number of nitrogens with one attached hydrogen (secondary N) is 2. The molecule has 4 aliphatic rings. The summed E-state index contributed by atoms with van der Waals surface area (Å²) in [4.78, 5) is 20.4. The highest BCUT2D eigenvalue weighted by Gasteiger charge is 2.57. The van der Waals surface area contributed by atoms with Crippen LogP contribution in [0.3, 0.4) is 0 Å². The molecule has 1 aromatic rings. The number of hydrogen-bond donors (Lipinski definition) is 4. The predicted octanol–water partition coefficient (Wildman–Crippen LogP) is 1.26. The fourth-order valence-corrected chi connectivity index (χ4v) is 4.09. The monoisotopic (exact) mass is 317 g/mol. The Hall–Kier alpha value is -1.89. The molecular formula is C16H23N5O2. The van der Waals surface area contributed by atoms with Gasteiger partial charge in [-0.2, -0.15) is 4.98 Å². The second kappa shape index (κ2) is 5.33. The topological polar surface area (TPSA) is 113 Å². The highest BCUT2D eigenvalue weighted by atomic mass is 16.3. The third kappa shape index (κ3) is 2.73. The average molecular weight is 317 g/mol. The van der Waals surface area contributed by atoms with Crippen LogP contribution >= 0.6 is 0 Å². The highest BCUT2D eigenvalue weighted by Crippen LogP contribution is 2.58. The van der Waals surface area contributed by atoms with Crippen molar-refractivity contribution in [3.8, 4) is 0 Å². The fourth-order valence-electron chi connectivity index (χ4n) is 4.09. The molecule has 4 fully saturated rings. The summed E-state index contributed by atoms with van der Waals surface area (Å²) in [6.07, 6.45) is 8.17. The van der Waals surface area contributed by atoms with Crippen LogP contribution in [0, 0.1) is 5.92 Å². The lowest BCUT2D eigenvalue weighted by Crippen LogP contribution is -2.63. The van der Waals surface area contributed by atoms with Crippen LogP contribution in [0.1, 0.15) is 55.3 Å². The number of hydrogen-bond acceptors (Lipinski definition) is 6. The maximum absolute atomic E-state index is 11.6. The van der Waals surface area contributed by atoms with Crippen LogP contribution < -0.4 is 16.4 Å². The van der Waals surface area contributed by atoms with E-state index in [4.69, 9.17) is 5.73 Å². The highest BCUT2D eigenvalue weighted by molar-refractivity contribution is 5.97. The standard InChI is InChI=1S/C16H23N5O2/c17-13(23)12-8-18-15(21-16-5-9(6-16)7-16)20-14(12)19-10-2-1-3-11(22)4-10/h8-11,22H,1-7H2,(H2,17,23)(H2,18,19,20,21)/t9?,10-,11+,16?/m1/s1. The number of nitrogens with zero attached hydrogens (tertiary/aromatic N) is 2. The van der Waals surface area contributed by atoms with Crippen molar-refractivity contribution in [2.75, 3.05) is 10.6 Å². The molecule has 0 aromatic carbocycles. The average Bonchev–Trinajstić information content (AvgIpc) is 2.41. The van der Waals surface area contributed by atoms with Crippen molar-refractivity contribution in [2.24, 2.45) is 11.7 Å². The summed E-state index contributed by atoms with van der Waals surface area (Å²) in [7, 11) is 0. The van der Waals surface area contributed by atoms with E-state index in [0.717, 1.165) is 25.2 Å². The Morgan fingerprint density at radius 3 is 2.74 bits per heavy atom. The lowest BCUT2D eigenvalue weighted by atomic mass is 9.50. The van der Waals surface area contributed by atoms with Crippen LogP contribution in [0.2, 0.25) is 0 Å². The molecule has 124 valence electrons. The van der Waals surface area contributed by atoms with Crippen LogP contribution in [0.5, 0.6) is 0 Å². The van der Waals surface area contributed by atoms with Gasteiger partial charge in [-0.15, -0.1) is 0 Å². The first-order valence-electron chi connectivity index (χ1n) is 8.43. The third-order valence-corrected chi connectivity index (χ3v) is 5.46. The summed E-state index contributed by atoms with van der Waals surface area (Å²) in [5.74, 6) is 1.35. The molecule has 7 heteroatoms. The molecular weight excluding hydrogens is 294 g/mol. The molecule has 1 amide bonds. The molecule has 1 aromatic heterocycles. The van der Waals surface area contributed by atoms with E-state index in [0.29, 0.717) is 23.8 Å². The van der Waals surface area contributed by atoms with Gasteiger partial charge in [0.05, 0.1) is 11.7 Å². The number of amides is 1. The van der Waals surface area contributed by atoms with Crippen molar-refractivity contribution >= 4 is 17.7 Å². The summed E-state index contributed by atoms with van der Waals surface area (Å²) in [6, 6.07) is 0.106. The Bertz CT molecular complexity index is 618. The number of primary amides is 1. The van der Waals surface area contributed by atoms with Gasteiger partial charge in [-0.05, 0) is 50.9 Å². The summed E-state index contributed by atoms with van der Waals surface area (Å²) in [5, 5.41) is 16.5. The molecule has 23 heavy (non-hydrogen) atoms. The Morgan fingerprint density at radius 1 is 1.35 bits per heavy atom. The van der Waals surface area contributed by atoms with Crippen molar-refractivity contribution in [3.63, 3.8) is 0 Å². The minimum atomic E-state index is -0.541. The molecule has 4 aliphatic carbocycles. The summed E-state index contributed by atoms with van der Waals surface area (Å²) in [5.41, 5.74) is 5.92. The quantitative estimate of drug-likeness (QED) is 0.650. The second-order valence-corrected chi connectivity index (χ2v) is 7.37. The van der Waals surface area contributed by atoms with E-state index >= 15 is 0 Å². The molecule has 5 N–H and O–H groups in total. The lowest BCUT2D eigenvalue weighted by molar-refractivity contribution is 0.00147. The van der Waals surface area contributed by atoms with Gasteiger partial charge < -0.3 is 21.5 Å². The number of aliphatic hydroxyl groups is 1. The van der Waals surface area contributed by atoms with E-state index in [1.54, 1.807) is 0 Å². The fraction of sp³-hybridized carbons (Fsp3) is 0.688. The maximum Gasteiger partial charge on any atom is 0.254 e. The Morgan fingerprint density at radius 2 is 2.13 bits per heavy atom. The van der Waals surface area contributed by atoms with Gasteiger partial charge in [0.15, 0.2) is 0 Å². The van der Waals surface area contributed by atoms with Gasteiger partial charge in [0.2, 0.25) is 5.95 Å². The van der Waals surface area contributed by atoms with Gasteiger partial charge in [0, 0.05) is 17.8 Å². The molecule has 5 rings (SSSR count). The van der Waals surface area contributed by atoms with Crippen LogP contribution in [0.15, 0.2) is 6.20 Å². The second-order valence-electron chi connectivity index (χ2n) is 7.37. The Kier molecular flexibility index (Phi) is 3.41. The normalized spacial score (nSPS) is 34.9. The summed E-state index contributed by atoms with van der Waals surface area (Å²) >= 11 is 0. The Labute approximate surface area is 135 Å². The number of aromatic nitrogens is 2. The SMILES string of the molecule is NC(=O)c1cnc(NC23CC(C2)C3)nc1N[C@@H]1CCC[C@H](O)C1. The first-order chi connectivity index (χ1) is 11.0. The molecule has 0 spiro atoms. The first kappa shape index (κ1) is 14.7. The molecule has 2 bridgehead atoms. The number of anilines is 2. The van der Waals surface area contributed by atoms with Gasteiger partial charge in [-0.1, -0.05) is 0 Å². The molecule has 0 radical (unpaired) electrons. The van der Waals surface area contributed by atoms with Crippen LogP contribution in [-0.2, 0) is 0 Å². The van der Waals surface area contributed by atoms with E-state index < -0.39 is 5.91 Å². The van der Waals surface area contributed by atoms with Gasteiger partial charge in [0.25, 0.3) is 5.91 Å².